The van der Waals surface area contributed by atoms with E-state index in [1.807, 2.05) is 26.0 Å². The Hall–Kier alpha value is -3.12. The van der Waals surface area contributed by atoms with Gasteiger partial charge in [0.2, 0.25) is 0 Å². The van der Waals surface area contributed by atoms with Gasteiger partial charge in [-0.25, -0.2) is 0 Å². The van der Waals surface area contributed by atoms with Crippen molar-refractivity contribution < 1.29 is 19.4 Å². The average molecular weight is 368 g/mol. The quantitative estimate of drug-likeness (QED) is 0.624. The van der Waals surface area contributed by atoms with Gasteiger partial charge in [-0.15, -0.1) is 0 Å². The van der Waals surface area contributed by atoms with Gasteiger partial charge in [0.05, 0.1) is 13.2 Å². The number of benzene rings is 2. The summed E-state index contributed by atoms with van der Waals surface area (Å²) < 4.78 is 5.40. The fourth-order valence-corrected chi connectivity index (χ4v) is 2.32. The lowest BCUT2D eigenvalue weighted by molar-refractivity contribution is -0.117. The second-order valence-corrected chi connectivity index (χ2v) is 5.86. The molecule has 0 aromatic heterocycles. The summed E-state index contributed by atoms with van der Waals surface area (Å²) in [7, 11) is 0. The molecule has 0 bridgehead atoms. The number of aliphatic hydroxyl groups excluding tert-OH is 1. The molecule has 0 saturated heterocycles. The third-order valence-corrected chi connectivity index (χ3v) is 3.71. The number of carbonyl (C=O) groups excluding carboxylic acids is 2. The number of carbonyl (C=O) groups is 2. The topological polar surface area (TPSA) is 87.7 Å². The number of nitrogens with one attached hydrogen (secondary N) is 2. The minimum Gasteiger partial charge on any atom is -0.494 e. The summed E-state index contributed by atoms with van der Waals surface area (Å²) in [5, 5.41) is 14.1. The molecule has 3 N–H and O–H groups in total. The Morgan fingerprint density at radius 3 is 2.33 bits per heavy atom. The van der Waals surface area contributed by atoms with Gasteiger partial charge in [0, 0.05) is 12.1 Å². The van der Waals surface area contributed by atoms with E-state index in [0.29, 0.717) is 12.2 Å². The molecule has 0 atom stereocenters. The van der Waals surface area contributed by atoms with Gasteiger partial charge in [0.15, 0.2) is 0 Å². The van der Waals surface area contributed by atoms with Gasteiger partial charge >= 0.3 is 0 Å². The molecule has 0 heterocycles. The monoisotopic (exact) mass is 368 g/mol. The van der Waals surface area contributed by atoms with Crippen LogP contribution in [0.1, 0.15) is 28.4 Å². The van der Waals surface area contributed by atoms with Gasteiger partial charge in [-0.2, -0.15) is 0 Å². The highest BCUT2D eigenvalue weighted by Gasteiger charge is 2.14. The van der Waals surface area contributed by atoms with Crippen molar-refractivity contribution in [3.05, 3.63) is 70.9 Å². The van der Waals surface area contributed by atoms with Crippen LogP contribution in [0.25, 0.3) is 6.08 Å². The zero-order chi connectivity index (χ0) is 19.6. The number of aryl methyl sites for hydroxylation is 1. The summed E-state index contributed by atoms with van der Waals surface area (Å²) in [5.41, 5.74) is 2.32. The minimum atomic E-state index is -0.474. The molecular weight excluding hydrogens is 344 g/mol. The van der Waals surface area contributed by atoms with Crippen molar-refractivity contribution in [2.45, 2.75) is 13.8 Å². The summed E-state index contributed by atoms with van der Waals surface area (Å²) in [6.45, 7) is 4.31. The Balaban J connectivity index is 2.23. The van der Waals surface area contributed by atoms with Gasteiger partial charge in [0.25, 0.3) is 11.8 Å². The van der Waals surface area contributed by atoms with Crippen LogP contribution in [0.4, 0.5) is 0 Å². The summed E-state index contributed by atoms with van der Waals surface area (Å²) in [4.78, 5) is 24.8. The highest BCUT2D eigenvalue weighted by Crippen LogP contribution is 2.14. The Kier molecular flexibility index (Phi) is 7.58. The molecule has 2 amide bonds. The summed E-state index contributed by atoms with van der Waals surface area (Å²) >= 11 is 0. The highest BCUT2D eigenvalue weighted by atomic mass is 16.5. The molecule has 0 aliphatic heterocycles. The zero-order valence-corrected chi connectivity index (χ0v) is 15.5. The molecule has 6 nitrogen and oxygen atoms in total. The summed E-state index contributed by atoms with van der Waals surface area (Å²) in [6, 6.07) is 14.2. The van der Waals surface area contributed by atoms with Crippen molar-refractivity contribution in [2.75, 3.05) is 19.8 Å². The number of aliphatic hydroxyl groups is 1. The molecule has 6 heteroatoms. The number of amides is 2. The molecule has 27 heavy (non-hydrogen) atoms. The smallest absolute Gasteiger partial charge is 0.267 e. The standard InChI is InChI=1S/C21H24N2O4/c1-3-27-18-10-6-16(7-11-18)14-19(21(26)22-12-13-24)23-20(25)17-8-4-15(2)5-9-17/h4-11,14,24H,3,12-13H2,1-2H3,(H,22,26)(H,23,25)/b19-14+. The van der Waals surface area contributed by atoms with Crippen LogP contribution in [0.3, 0.4) is 0 Å². The molecule has 0 fully saturated rings. The van der Waals surface area contributed by atoms with E-state index in [2.05, 4.69) is 10.6 Å². The molecule has 0 radical (unpaired) electrons. The molecule has 0 saturated carbocycles. The molecule has 2 rings (SSSR count). The SMILES string of the molecule is CCOc1ccc(/C=C(/NC(=O)c2ccc(C)cc2)C(=O)NCCO)cc1. The Morgan fingerprint density at radius 1 is 1.07 bits per heavy atom. The van der Waals surface area contributed by atoms with E-state index >= 15 is 0 Å². The zero-order valence-electron chi connectivity index (χ0n) is 15.5. The number of rotatable bonds is 8. The molecule has 0 aliphatic carbocycles. The Labute approximate surface area is 158 Å². The fourth-order valence-electron chi connectivity index (χ4n) is 2.32. The van der Waals surface area contributed by atoms with E-state index in [9.17, 15) is 9.59 Å². The summed E-state index contributed by atoms with van der Waals surface area (Å²) in [6.07, 6.45) is 1.58. The fraction of sp³-hybridized carbons (Fsp3) is 0.238. The maximum atomic E-state index is 12.5. The molecule has 0 spiro atoms. The maximum Gasteiger partial charge on any atom is 0.267 e. The van der Waals surface area contributed by atoms with Gasteiger partial charge in [-0.05, 0) is 49.8 Å². The van der Waals surface area contributed by atoms with Gasteiger partial charge in [-0.3, -0.25) is 9.59 Å². The van der Waals surface area contributed by atoms with Crippen LogP contribution in [0.5, 0.6) is 5.75 Å². The molecule has 142 valence electrons. The normalized spacial score (nSPS) is 11.0. The Morgan fingerprint density at radius 2 is 1.74 bits per heavy atom. The van der Waals surface area contributed by atoms with E-state index in [1.54, 1.807) is 42.5 Å². The minimum absolute atomic E-state index is 0.0955. The van der Waals surface area contributed by atoms with Gasteiger partial charge < -0.3 is 20.5 Å². The van der Waals surface area contributed by atoms with Crippen LogP contribution in [0.2, 0.25) is 0 Å². The lowest BCUT2D eigenvalue weighted by Gasteiger charge is -2.11. The predicted molar refractivity (Wildman–Crippen MR) is 104 cm³/mol. The van der Waals surface area contributed by atoms with E-state index in [0.717, 1.165) is 16.9 Å². The first-order chi connectivity index (χ1) is 13.0. The van der Waals surface area contributed by atoms with Crippen LogP contribution in [-0.2, 0) is 4.79 Å². The number of hydrogen-bond donors (Lipinski definition) is 3. The Bertz CT molecular complexity index is 796. The van der Waals surface area contributed by atoms with E-state index in [-0.39, 0.29) is 24.8 Å². The van der Waals surface area contributed by atoms with Crippen molar-refractivity contribution in [2.24, 2.45) is 0 Å². The maximum absolute atomic E-state index is 12.5. The van der Waals surface area contributed by atoms with Crippen LogP contribution in [-0.4, -0.2) is 36.7 Å². The van der Waals surface area contributed by atoms with Gasteiger partial charge in [-0.1, -0.05) is 29.8 Å². The molecule has 2 aromatic rings. The lowest BCUT2D eigenvalue weighted by Crippen LogP contribution is -2.36. The number of hydrogen-bond acceptors (Lipinski definition) is 4. The predicted octanol–water partition coefficient (Wildman–Crippen LogP) is 2.27. The van der Waals surface area contributed by atoms with Crippen molar-refractivity contribution >= 4 is 17.9 Å². The molecule has 0 unspecified atom stereocenters. The first-order valence-electron chi connectivity index (χ1n) is 8.75. The van der Waals surface area contributed by atoms with Crippen LogP contribution in [0, 0.1) is 6.92 Å². The third-order valence-electron chi connectivity index (χ3n) is 3.71. The third kappa shape index (κ3) is 6.27. The first kappa shape index (κ1) is 20.2. The highest BCUT2D eigenvalue weighted by molar-refractivity contribution is 6.05. The van der Waals surface area contributed by atoms with Crippen molar-refractivity contribution in [1.82, 2.24) is 10.6 Å². The van der Waals surface area contributed by atoms with E-state index < -0.39 is 5.91 Å². The second kappa shape index (κ2) is 10.1. The molecule has 0 aliphatic rings. The van der Waals surface area contributed by atoms with Gasteiger partial charge in [0.1, 0.15) is 11.4 Å². The first-order valence-corrected chi connectivity index (χ1v) is 8.75. The van der Waals surface area contributed by atoms with Crippen molar-refractivity contribution in [3.8, 4) is 5.75 Å². The van der Waals surface area contributed by atoms with E-state index in [4.69, 9.17) is 9.84 Å². The second-order valence-electron chi connectivity index (χ2n) is 5.86. The number of ether oxygens (including phenoxy) is 1. The summed E-state index contributed by atoms with van der Waals surface area (Å²) in [5.74, 6) is -0.130. The van der Waals surface area contributed by atoms with E-state index in [1.165, 1.54) is 0 Å². The van der Waals surface area contributed by atoms with Crippen molar-refractivity contribution in [3.63, 3.8) is 0 Å². The largest absolute Gasteiger partial charge is 0.494 e. The van der Waals surface area contributed by atoms with Crippen LogP contribution < -0.4 is 15.4 Å². The molecule has 2 aromatic carbocycles. The lowest BCUT2D eigenvalue weighted by atomic mass is 10.1. The average Bonchev–Trinajstić information content (AvgIpc) is 2.67. The molecular formula is C21H24N2O4. The van der Waals surface area contributed by atoms with Crippen LogP contribution in [0.15, 0.2) is 54.2 Å². The van der Waals surface area contributed by atoms with Crippen molar-refractivity contribution in [1.29, 1.82) is 0 Å². The van der Waals surface area contributed by atoms with Crippen LogP contribution >= 0.6 is 0 Å².